The second-order valence-corrected chi connectivity index (χ2v) is 5.40. The topological polar surface area (TPSA) is 32.3 Å². The minimum absolute atomic E-state index is 0.220. The molecule has 0 bridgehead atoms. The van der Waals surface area contributed by atoms with Crippen LogP contribution in [-0.2, 0) is 6.42 Å². The van der Waals surface area contributed by atoms with E-state index in [0.29, 0.717) is 5.56 Å². The Morgan fingerprint density at radius 3 is 2.85 bits per heavy atom. The average molecular weight is 292 g/mol. The highest BCUT2D eigenvalue weighted by atomic mass is 35.5. The first kappa shape index (κ1) is 13.6. The smallest absolute Gasteiger partial charge is 0.124 e. The Kier molecular flexibility index (Phi) is 3.74. The summed E-state index contributed by atoms with van der Waals surface area (Å²) in [7, 11) is 0. The van der Waals surface area contributed by atoms with Crippen molar-refractivity contribution in [3.8, 4) is 0 Å². The van der Waals surface area contributed by atoms with E-state index in [1.54, 1.807) is 6.07 Å². The van der Waals surface area contributed by atoms with E-state index in [1.807, 2.05) is 18.2 Å². The molecule has 0 aliphatic carbocycles. The second kappa shape index (κ2) is 5.52. The SMILES string of the molecule is OC(c1ccc(F)cc1Cl)C1NCCc2ccccc21. The van der Waals surface area contributed by atoms with Crippen LogP contribution in [0.25, 0.3) is 0 Å². The summed E-state index contributed by atoms with van der Waals surface area (Å²) in [5.41, 5.74) is 2.85. The van der Waals surface area contributed by atoms with Crippen molar-refractivity contribution in [1.29, 1.82) is 0 Å². The summed E-state index contributed by atoms with van der Waals surface area (Å²) in [6.07, 6.45) is 0.140. The first-order valence-corrected chi connectivity index (χ1v) is 6.99. The Morgan fingerprint density at radius 1 is 1.25 bits per heavy atom. The minimum atomic E-state index is -0.801. The van der Waals surface area contributed by atoms with Crippen molar-refractivity contribution < 1.29 is 9.50 Å². The van der Waals surface area contributed by atoms with Gasteiger partial charge in [0.25, 0.3) is 0 Å². The van der Waals surface area contributed by atoms with Gasteiger partial charge in [0.1, 0.15) is 5.82 Å². The Labute approximate surface area is 122 Å². The molecule has 104 valence electrons. The third-order valence-corrected chi connectivity index (χ3v) is 4.07. The van der Waals surface area contributed by atoms with E-state index in [0.717, 1.165) is 18.5 Å². The van der Waals surface area contributed by atoms with Gasteiger partial charge in [0, 0.05) is 10.6 Å². The van der Waals surface area contributed by atoms with Crippen molar-refractivity contribution in [2.24, 2.45) is 0 Å². The van der Waals surface area contributed by atoms with Crippen LogP contribution < -0.4 is 5.32 Å². The van der Waals surface area contributed by atoms with Crippen molar-refractivity contribution in [1.82, 2.24) is 5.32 Å². The Morgan fingerprint density at radius 2 is 2.05 bits per heavy atom. The van der Waals surface area contributed by atoms with E-state index in [-0.39, 0.29) is 11.1 Å². The van der Waals surface area contributed by atoms with Gasteiger partial charge < -0.3 is 10.4 Å². The Balaban J connectivity index is 1.97. The van der Waals surface area contributed by atoms with Crippen LogP contribution in [0.4, 0.5) is 4.39 Å². The average Bonchev–Trinajstić information content (AvgIpc) is 2.46. The molecule has 2 nitrogen and oxygen atoms in total. The molecule has 2 N–H and O–H groups in total. The number of benzene rings is 2. The molecule has 20 heavy (non-hydrogen) atoms. The first-order valence-electron chi connectivity index (χ1n) is 6.61. The van der Waals surface area contributed by atoms with Gasteiger partial charge in [0.15, 0.2) is 0 Å². The fourth-order valence-electron chi connectivity index (χ4n) is 2.74. The lowest BCUT2D eigenvalue weighted by Gasteiger charge is -2.31. The molecule has 2 aromatic rings. The summed E-state index contributed by atoms with van der Waals surface area (Å²) in [5.74, 6) is -0.400. The van der Waals surface area contributed by atoms with E-state index < -0.39 is 11.9 Å². The van der Waals surface area contributed by atoms with Crippen LogP contribution >= 0.6 is 11.6 Å². The molecule has 2 unspecified atom stereocenters. The van der Waals surface area contributed by atoms with Gasteiger partial charge in [-0.3, -0.25) is 0 Å². The van der Waals surface area contributed by atoms with E-state index in [1.165, 1.54) is 17.7 Å². The van der Waals surface area contributed by atoms with Crippen LogP contribution in [0.5, 0.6) is 0 Å². The summed E-state index contributed by atoms with van der Waals surface area (Å²) < 4.78 is 13.1. The number of aliphatic hydroxyl groups excluding tert-OH is 1. The summed E-state index contributed by atoms with van der Waals surface area (Å²) >= 11 is 6.04. The van der Waals surface area contributed by atoms with Crippen LogP contribution in [-0.4, -0.2) is 11.7 Å². The first-order chi connectivity index (χ1) is 9.66. The van der Waals surface area contributed by atoms with Gasteiger partial charge in [-0.15, -0.1) is 0 Å². The molecule has 2 aromatic carbocycles. The summed E-state index contributed by atoms with van der Waals surface area (Å²) in [5, 5.41) is 14.2. The molecule has 1 heterocycles. The van der Waals surface area contributed by atoms with Gasteiger partial charge in [-0.25, -0.2) is 4.39 Å². The maximum atomic E-state index is 13.1. The van der Waals surface area contributed by atoms with Gasteiger partial charge >= 0.3 is 0 Å². The molecule has 0 radical (unpaired) electrons. The zero-order valence-electron chi connectivity index (χ0n) is 10.8. The molecule has 2 atom stereocenters. The number of hydrogen-bond donors (Lipinski definition) is 2. The van der Waals surface area contributed by atoms with Crippen LogP contribution in [0, 0.1) is 5.82 Å². The molecular weight excluding hydrogens is 277 g/mol. The zero-order valence-corrected chi connectivity index (χ0v) is 11.6. The number of fused-ring (bicyclic) bond motifs is 1. The number of hydrogen-bond acceptors (Lipinski definition) is 2. The van der Waals surface area contributed by atoms with Crippen molar-refractivity contribution in [2.75, 3.05) is 6.54 Å². The fourth-order valence-corrected chi connectivity index (χ4v) is 3.02. The fraction of sp³-hybridized carbons (Fsp3) is 0.250. The van der Waals surface area contributed by atoms with Gasteiger partial charge in [0.2, 0.25) is 0 Å². The van der Waals surface area contributed by atoms with E-state index >= 15 is 0 Å². The summed E-state index contributed by atoms with van der Waals surface area (Å²) in [6, 6.07) is 11.9. The normalized spacial score (nSPS) is 19.4. The van der Waals surface area contributed by atoms with Crippen LogP contribution in [0.15, 0.2) is 42.5 Å². The molecule has 0 spiro atoms. The lowest BCUT2D eigenvalue weighted by molar-refractivity contribution is 0.125. The quantitative estimate of drug-likeness (QED) is 0.889. The number of halogens is 2. The van der Waals surface area contributed by atoms with Crippen molar-refractivity contribution in [2.45, 2.75) is 18.6 Å². The molecule has 4 heteroatoms. The van der Waals surface area contributed by atoms with E-state index in [4.69, 9.17) is 11.6 Å². The van der Waals surface area contributed by atoms with Gasteiger partial charge in [0.05, 0.1) is 12.1 Å². The number of rotatable bonds is 2. The van der Waals surface area contributed by atoms with E-state index in [2.05, 4.69) is 11.4 Å². The third kappa shape index (κ3) is 2.44. The van der Waals surface area contributed by atoms with Crippen LogP contribution in [0.1, 0.15) is 28.8 Å². The highest BCUT2D eigenvalue weighted by Gasteiger charge is 2.28. The molecule has 0 amide bonds. The summed E-state index contributed by atoms with van der Waals surface area (Å²) in [6.45, 7) is 0.803. The van der Waals surface area contributed by atoms with Crippen molar-refractivity contribution in [3.63, 3.8) is 0 Å². The van der Waals surface area contributed by atoms with Crippen molar-refractivity contribution in [3.05, 3.63) is 70.0 Å². The highest BCUT2D eigenvalue weighted by molar-refractivity contribution is 6.31. The maximum Gasteiger partial charge on any atom is 0.124 e. The van der Waals surface area contributed by atoms with Crippen LogP contribution in [0.3, 0.4) is 0 Å². The van der Waals surface area contributed by atoms with Gasteiger partial charge in [-0.1, -0.05) is 41.9 Å². The van der Waals surface area contributed by atoms with Crippen molar-refractivity contribution >= 4 is 11.6 Å². The van der Waals surface area contributed by atoms with Gasteiger partial charge in [-0.05, 0) is 36.2 Å². The molecule has 3 rings (SSSR count). The molecule has 0 saturated carbocycles. The molecular formula is C16H15ClFNO. The monoisotopic (exact) mass is 291 g/mol. The second-order valence-electron chi connectivity index (χ2n) is 4.99. The number of nitrogens with one attached hydrogen (secondary N) is 1. The minimum Gasteiger partial charge on any atom is -0.386 e. The molecule has 1 aliphatic heterocycles. The van der Waals surface area contributed by atoms with E-state index in [9.17, 15) is 9.50 Å². The lowest BCUT2D eigenvalue weighted by Crippen LogP contribution is -2.34. The molecule has 0 fully saturated rings. The molecule has 0 aromatic heterocycles. The highest BCUT2D eigenvalue weighted by Crippen LogP contribution is 2.36. The maximum absolute atomic E-state index is 13.1. The number of aliphatic hydroxyl groups is 1. The predicted octanol–water partition coefficient (Wildman–Crippen LogP) is 3.40. The molecule has 1 aliphatic rings. The van der Waals surface area contributed by atoms with Gasteiger partial charge in [-0.2, -0.15) is 0 Å². The molecule has 0 saturated heterocycles. The predicted molar refractivity (Wildman–Crippen MR) is 77.3 cm³/mol. The Bertz CT molecular complexity index is 632. The van der Waals surface area contributed by atoms with Crippen LogP contribution in [0.2, 0.25) is 5.02 Å². The Hall–Kier alpha value is -1.42. The zero-order chi connectivity index (χ0) is 14.1. The lowest BCUT2D eigenvalue weighted by atomic mass is 9.88. The summed E-state index contributed by atoms with van der Waals surface area (Å²) in [4.78, 5) is 0. The largest absolute Gasteiger partial charge is 0.386 e. The third-order valence-electron chi connectivity index (χ3n) is 3.75. The standard InChI is InChI=1S/C16H15ClFNO/c17-14-9-11(18)5-6-13(14)16(20)15-12-4-2-1-3-10(12)7-8-19-15/h1-6,9,15-16,19-20H,7-8H2.